The molecule has 0 saturated heterocycles. The van der Waals surface area contributed by atoms with E-state index in [-0.39, 0.29) is 0 Å². The average Bonchev–Trinajstić information content (AvgIpc) is 3.75. The lowest BCUT2D eigenvalue weighted by Crippen LogP contribution is -2.00. The van der Waals surface area contributed by atoms with E-state index in [0.717, 1.165) is 83.1 Å². The largest absolute Gasteiger partial charge is 0.454 e. The second kappa shape index (κ2) is 11.5. The Balaban J connectivity index is 1.32. The van der Waals surface area contributed by atoms with Crippen LogP contribution in [0.25, 0.3) is 94.2 Å². The second-order valence-corrected chi connectivity index (χ2v) is 12.7. The molecule has 3 heterocycles. The summed E-state index contributed by atoms with van der Waals surface area (Å²) in [5.74, 6) is 0.842. The molecule has 7 aromatic carbocycles. The van der Waals surface area contributed by atoms with E-state index in [1.54, 1.807) is 0 Å². The highest BCUT2D eigenvalue weighted by Gasteiger charge is 2.24. The van der Waals surface area contributed by atoms with Crippen LogP contribution in [-0.4, -0.2) is 9.55 Å². The summed E-state index contributed by atoms with van der Waals surface area (Å²) in [7, 11) is 0. The number of nitrogens with zero attached hydrogens (tertiary/aromatic N) is 2. The van der Waals surface area contributed by atoms with Gasteiger partial charge in [0.2, 0.25) is 0 Å². The molecule has 0 amide bonds. The van der Waals surface area contributed by atoms with Crippen molar-refractivity contribution in [2.75, 3.05) is 0 Å². The van der Waals surface area contributed by atoms with Gasteiger partial charge < -0.3 is 4.42 Å². The standard InChI is InChI=1S/C47H30N2O/c1-4-14-31(15-5-1)33-24-26-34(27-25-33)39-30-40-37-20-11-13-23-43(37)50-47(40)46-45(39)38-21-10-12-22-42(38)49(46)44-29-36(32-16-6-2-7-17-32)28-41(48-44)35-18-8-3-9-19-35/h1-30H. The summed E-state index contributed by atoms with van der Waals surface area (Å²) >= 11 is 0. The zero-order valence-electron chi connectivity index (χ0n) is 27.1. The second-order valence-electron chi connectivity index (χ2n) is 12.7. The van der Waals surface area contributed by atoms with E-state index in [9.17, 15) is 0 Å². The lowest BCUT2D eigenvalue weighted by Gasteiger charge is -2.13. The van der Waals surface area contributed by atoms with Gasteiger partial charge in [0.15, 0.2) is 5.58 Å². The molecule has 3 heteroatoms. The summed E-state index contributed by atoms with van der Waals surface area (Å²) < 4.78 is 9.12. The van der Waals surface area contributed by atoms with Crippen LogP contribution in [0.4, 0.5) is 0 Å². The van der Waals surface area contributed by atoms with E-state index in [1.165, 1.54) is 11.1 Å². The molecule has 0 aliphatic carbocycles. The van der Waals surface area contributed by atoms with Crippen LogP contribution in [0.15, 0.2) is 186 Å². The first-order valence-corrected chi connectivity index (χ1v) is 17.0. The molecule has 0 aliphatic heterocycles. The first kappa shape index (κ1) is 28.3. The minimum atomic E-state index is 0.842. The topological polar surface area (TPSA) is 31.0 Å². The first-order chi connectivity index (χ1) is 24.8. The highest BCUT2D eigenvalue weighted by Crippen LogP contribution is 2.45. The number of benzene rings is 7. The quantitative estimate of drug-likeness (QED) is 0.188. The maximum atomic E-state index is 6.81. The van der Waals surface area contributed by atoms with E-state index < -0.39 is 0 Å². The molecule has 0 saturated carbocycles. The van der Waals surface area contributed by atoms with Crippen LogP contribution >= 0.6 is 0 Å². The fourth-order valence-corrected chi connectivity index (χ4v) is 7.45. The highest BCUT2D eigenvalue weighted by atomic mass is 16.3. The Bertz CT molecular complexity index is 2770. The van der Waals surface area contributed by atoms with Gasteiger partial charge >= 0.3 is 0 Å². The highest BCUT2D eigenvalue weighted by molar-refractivity contribution is 6.26. The fourth-order valence-electron chi connectivity index (χ4n) is 7.45. The third-order valence-electron chi connectivity index (χ3n) is 9.80. The number of hydrogen-bond donors (Lipinski definition) is 0. The van der Waals surface area contributed by atoms with Gasteiger partial charge in [-0.2, -0.15) is 0 Å². The Morgan fingerprint density at radius 3 is 1.70 bits per heavy atom. The van der Waals surface area contributed by atoms with Gasteiger partial charge in [0.05, 0.1) is 16.7 Å². The van der Waals surface area contributed by atoms with Gasteiger partial charge in [0, 0.05) is 27.1 Å². The van der Waals surface area contributed by atoms with Crippen LogP contribution < -0.4 is 0 Å². The Morgan fingerprint density at radius 2 is 0.980 bits per heavy atom. The molecule has 0 bridgehead atoms. The van der Waals surface area contributed by atoms with Gasteiger partial charge in [-0.3, -0.25) is 4.57 Å². The molecule has 0 radical (unpaired) electrons. The van der Waals surface area contributed by atoms with Crippen LogP contribution in [0.1, 0.15) is 0 Å². The molecular formula is C47H30N2O. The molecule has 234 valence electrons. The maximum Gasteiger partial charge on any atom is 0.160 e. The van der Waals surface area contributed by atoms with E-state index >= 15 is 0 Å². The number of aromatic nitrogens is 2. The van der Waals surface area contributed by atoms with Crippen molar-refractivity contribution in [2.45, 2.75) is 0 Å². The van der Waals surface area contributed by atoms with Gasteiger partial charge in [0.25, 0.3) is 0 Å². The van der Waals surface area contributed by atoms with Crippen molar-refractivity contribution in [1.82, 2.24) is 9.55 Å². The lowest BCUT2D eigenvalue weighted by molar-refractivity contribution is 0.671. The summed E-state index contributed by atoms with van der Waals surface area (Å²) in [6.07, 6.45) is 0. The molecule has 3 nitrogen and oxygen atoms in total. The molecule has 50 heavy (non-hydrogen) atoms. The predicted molar refractivity (Wildman–Crippen MR) is 208 cm³/mol. The number of hydrogen-bond acceptors (Lipinski definition) is 2. The molecule has 0 aliphatic rings. The van der Waals surface area contributed by atoms with Crippen LogP contribution in [0.3, 0.4) is 0 Å². The van der Waals surface area contributed by atoms with Crippen LogP contribution in [0.5, 0.6) is 0 Å². The summed E-state index contributed by atoms with van der Waals surface area (Å²) in [5.41, 5.74) is 12.8. The molecule has 0 atom stereocenters. The lowest BCUT2D eigenvalue weighted by atomic mass is 9.95. The van der Waals surface area contributed by atoms with E-state index in [0.29, 0.717) is 0 Å². The summed E-state index contributed by atoms with van der Waals surface area (Å²) in [5, 5.41) is 4.48. The average molecular weight is 639 g/mol. The molecule has 10 aromatic rings. The first-order valence-electron chi connectivity index (χ1n) is 17.0. The number of pyridine rings is 1. The zero-order valence-corrected chi connectivity index (χ0v) is 27.1. The van der Waals surface area contributed by atoms with Crippen LogP contribution in [-0.2, 0) is 0 Å². The Kier molecular flexibility index (Phi) is 6.49. The SMILES string of the molecule is c1ccc(-c2ccc(-c3cc4c5ccccc5oc4c4c3c3ccccc3n4-c3cc(-c4ccccc4)cc(-c4ccccc4)n3)cc2)cc1. The number of rotatable bonds is 5. The molecular weight excluding hydrogens is 609 g/mol. The molecule has 0 spiro atoms. The van der Waals surface area contributed by atoms with Crippen molar-refractivity contribution in [3.05, 3.63) is 182 Å². The van der Waals surface area contributed by atoms with E-state index in [2.05, 4.69) is 174 Å². The minimum Gasteiger partial charge on any atom is -0.454 e. The third kappa shape index (κ3) is 4.56. The Labute approximate surface area is 289 Å². The van der Waals surface area contributed by atoms with Crippen molar-refractivity contribution in [3.8, 4) is 50.5 Å². The molecule has 10 rings (SSSR count). The van der Waals surface area contributed by atoms with Gasteiger partial charge in [-0.25, -0.2) is 4.98 Å². The molecule has 3 aromatic heterocycles. The van der Waals surface area contributed by atoms with Crippen molar-refractivity contribution < 1.29 is 4.42 Å². The van der Waals surface area contributed by atoms with Crippen LogP contribution in [0, 0.1) is 0 Å². The number of furan rings is 1. The van der Waals surface area contributed by atoms with Crippen molar-refractivity contribution in [3.63, 3.8) is 0 Å². The monoisotopic (exact) mass is 638 g/mol. The summed E-state index contributed by atoms with van der Waals surface area (Å²) in [6.45, 7) is 0. The van der Waals surface area contributed by atoms with E-state index in [4.69, 9.17) is 9.40 Å². The van der Waals surface area contributed by atoms with Gasteiger partial charge in [-0.15, -0.1) is 0 Å². The Hall–Kier alpha value is -6.71. The maximum absolute atomic E-state index is 6.81. The van der Waals surface area contributed by atoms with Gasteiger partial charge in [0.1, 0.15) is 11.4 Å². The smallest absolute Gasteiger partial charge is 0.160 e. The summed E-state index contributed by atoms with van der Waals surface area (Å²) in [4.78, 5) is 5.40. The van der Waals surface area contributed by atoms with Gasteiger partial charge in [-0.1, -0.05) is 152 Å². The molecule has 0 N–H and O–H groups in total. The number of fused-ring (bicyclic) bond motifs is 7. The number of para-hydroxylation sites is 2. The predicted octanol–water partition coefficient (Wildman–Crippen LogP) is 12.7. The molecule has 0 fully saturated rings. The third-order valence-corrected chi connectivity index (χ3v) is 9.80. The van der Waals surface area contributed by atoms with Crippen molar-refractivity contribution >= 4 is 43.7 Å². The normalized spacial score (nSPS) is 11.6. The van der Waals surface area contributed by atoms with Gasteiger partial charge in [-0.05, 0) is 63.7 Å². The minimum absolute atomic E-state index is 0.842. The fraction of sp³-hybridized carbons (Fsp3) is 0. The zero-order chi connectivity index (χ0) is 33.0. The van der Waals surface area contributed by atoms with Crippen molar-refractivity contribution in [2.24, 2.45) is 0 Å². The molecule has 0 unspecified atom stereocenters. The van der Waals surface area contributed by atoms with Crippen molar-refractivity contribution in [1.29, 1.82) is 0 Å². The van der Waals surface area contributed by atoms with E-state index in [1.807, 2.05) is 12.1 Å². The Morgan fingerprint density at radius 1 is 0.420 bits per heavy atom. The summed E-state index contributed by atoms with van der Waals surface area (Å²) in [6, 6.07) is 64.2. The van der Waals surface area contributed by atoms with Crippen LogP contribution in [0.2, 0.25) is 0 Å².